The summed E-state index contributed by atoms with van der Waals surface area (Å²) in [7, 11) is 1.67. The van der Waals surface area contributed by atoms with Crippen LogP contribution in [0.1, 0.15) is 24.4 Å². The summed E-state index contributed by atoms with van der Waals surface area (Å²) in [6.45, 7) is 1.41. The molecule has 0 radical (unpaired) electrons. The number of carbonyl (C=O) groups is 1. The summed E-state index contributed by atoms with van der Waals surface area (Å²) in [5, 5.41) is 6.76. The highest BCUT2D eigenvalue weighted by Crippen LogP contribution is 2.38. The number of likely N-dealkylation sites (tertiary alicyclic amines) is 1. The molecule has 2 aromatic heterocycles. The van der Waals surface area contributed by atoms with Crippen LogP contribution in [0.2, 0.25) is 0 Å². The van der Waals surface area contributed by atoms with Gasteiger partial charge in [0.1, 0.15) is 22.7 Å². The van der Waals surface area contributed by atoms with E-state index in [2.05, 4.69) is 44.9 Å². The number of anilines is 1. The average Bonchev–Trinajstić information content (AvgIpc) is 3.46. The van der Waals surface area contributed by atoms with Gasteiger partial charge >= 0.3 is 0 Å². The quantitative estimate of drug-likeness (QED) is 0.427. The Morgan fingerprint density at radius 3 is 2.66 bits per heavy atom. The molecule has 1 unspecified atom stereocenters. The van der Waals surface area contributed by atoms with E-state index in [0.717, 1.165) is 51.4 Å². The SMILES string of the molecule is COc1ccc(-c2csc3ncnc(NC(CN4CCCC4=O)c4ccccc4)c23)cc1. The van der Waals surface area contributed by atoms with Crippen molar-refractivity contribution in [3.8, 4) is 16.9 Å². The molecule has 1 saturated heterocycles. The van der Waals surface area contributed by atoms with Crippen LogP contribution in [0.3, 0.4) is 0 Å². The lowest BCUT2D eigenvalue weighted by atomic mass is 10.0. The molecule has 0 bridgehead atoms. The second-order valence-corrected chi connectivity index (χ2v) is 8.69. The molecule has 2 aromatic carbocycles. The molecule has 5 rings (SSSR count). The Kier molecular flexibility index (Phi) is 5.73. The first kappa shape index (κ1) is 20.5. The van der Waals surface area contributed by atoms with Crippen LogP contribution in [-0.4, -0.2) is 41.0 Å². The lowest BCUT2D eigenvalue weighted by molar-refractivity contribution is -0.127. The molecule has 0 aliphatic carbocycles. The summed E-state index contributed by atoms with van der Waals surface area (Å²) < 4.78 is 5.30. The number of nitrogens with one attached hydrogen (secondary N) is 1. The van der Waals surface area contributed by atoms with Gasteiger partial charge in [0.25, 0.3) is 0 Å². The number of hydrogen-bond acceptors (Lipinski definition) is 6. The molecule has 7 heteroatoms. The van der Waals surface area contributed by atoms with Crippen LogP contribution >= 0.6 is 11.3 Å². The van der Waals surface area contributed by atoms with E-state index in [1.165, 1.54) is 0 Å². The van der Waals surface area contributed by atoms with Crippen LogP contribution in [0.15, 0.2) is 66.3 Å². The van der Waals surface area contributed by atoms with Crippen LogP contribution in [0, 0.1) is 0 Å². The van der Waals surface area contributed by atoms with Crippen molar-refractivity contribution in [2.45, 2.75) is 18.9 Å². The maximum Gasteiger partial charge on any atom is 0.222 e. The molecule has 3 heterocycles. The summed E-state index contributed by atoms with van der Waals surface area (Å²) in [6, 6.07) is 18.2. The maximum atomic E-state index is 12.3. The zero-order chi connectivity index (χ0) is 21.9. The Balaban J connectivity index is 1.53. The summed E-state index contributed by atoms with van der Waals surface area (Å²) in [4.78, 5) is 24.3. The molecule has 1 atom stereocenters. The van der Waals surface area contributed by atoms with E-state index in [9.17, 15) is 4.79 Å². The molecule has 162 valence electrons. The summed E-state index contributed by atoms with van der Waals surface area (Å²) >= 11 is 1.60. The van der Waals surface area contributed by atoms with Gasteiger partial charge in [-0.2, -0.15) is 0 Å². The predicted molar refractivity (Wildman–Crippen MR) is 128 cm³/mol. The molecule has 1 amide bonds. The second kappa shape index (κ2) is 8.96. The van der Waals surface area contributed by atoms with E-state index < -0.39 is 0 Å². The van der Waals surface area contributed by atoms with E-state index >= 15 is 0 Å². The van der Waals surface area contributed by atoms with Gasteiger partial charge in [-0.25, -0.2) is 9.97 Å². The lowest BCUT2D eigenvalue weighted by Gasteiger charge is -2.26. The Morgan fingerprint density at radius 2 is 1.94 bits per heavy atom. The van der Waals surface area contributed by atoms with E-state index in [0.29, 0.717) is 13.0 Å². The normalized spacial score (nSPS) is 14.7. The fourth-order valence-electron chi connectivity index (χ4n) is 4.17. The zero-order valence-electron chi connectivity index (χ0n) is 17.8. The summed E-state index contributed by atoms with van der Waals surface area (Å²) in [5.74, 6) is 1.82. The monoisotopic (exact) mass is 444 g/mol. The summed E-state index contributed by atoms with van der Waals surface area (Å²) in [5.41, 5.74) is 3.29. The predicted octanol–water partition coefficient (Wildman–Crippen LogP) is 5.14. The number of amides is 1. The van der Waals surface area contributed by atoms with Crippen LogP contribution in [-0.2, 0) is 4.79 Å². The second-order valence-electron chi connectivity index (χ2n) is 7.83. The third-order valence-electron chi connectivity index (χ3n) is 5.86. The highest BCUT2D eigenvalue weighted by atomic mass is 32.1. The Bertz CT molecular complexity index is 1220. The molecule has 32 heavy (non-hydrogen) atoms. The molecule has 0 spiro atoms. The van der Waals surface area contributed by atoms with Gasteiger partial charge in [0.2, 0.25) is 5.91 Å². The van der Waals surface area contributed by atoms with Crippen molar-refractivity contribution in [3.05, 3.63) is 71.9 Å². The van der Waals surface area contributed by atoms with Crippen molar-refractivity contribution < 1.29 is 9.53 Å². The average molecular weight is 445 g/mol. The molecule has 1 aliphatic rings. The molecule has 0 saturated carbocycles. The van der Waals surface area contributed by atoms with Gasteiger partial charge in [-0.05, 0) is 29.7 Å². The summed E-state index contributed by atoms with van der Waals surface area (Å²) in [6.07, 6.45) is 3.15. The largest absolute Gasteiger partial charge is 0.497 e. The van der Waals surface area contributed by atoms with Crippen LogP contribution in [0.25, 0.3) is 21.3 Å². The standard InChI is InChI=1S/C25H24N4O2S/c1-31-19-11-9-17(10-12-19)20-15-32-25-23(20)24(26-16-27-25)28-21(18-6-3-2-4-7-18)14-29-13-5-8-22(29)30/h2-4,6-7,9-12,15-16,21H,5,8,13-14H2,1H3,(H,26,27,28). The van der Waals surface area contributed by atoms with Crippen molar-refractivity contribution in [1.82, 2.24) is 14.9 Å². The van der Waals surface area contributed by atoms with Gasteiger partial charge in [-0.1, -0.05) is 42.5 Å². The fourth-order valence-corrected chi connectivity index (χ4v) is 5.09. The van der Waals surface area contributed by atoms with Crippen molar-refractivity contribution in [1.29, 1.82) is 0 Å². The third-order valence-corrected chi connectivity index (χ3v) is 6.74. The molecule has 1 N–H and O–H groups in total. The van der Waals surface area contributed by atoms with Crippen molar-refractivity contribution >= 4 is 33.3 Å². The number of methoxy groups -OCH3 is 1. The molecule has 6 nitrogen and oxygen atoms in total. The Hall–Kier alpha value is -3.45. The first-order chi connectivity index (χ1) is 15.7. The number of rotatable bonds is 7. The van der Waals surface area contributed by atoms with Crippen LogP contribution in [0.4, 0.5) is 5.82 Å². The highest BCUT2D eigenvalue weighted by Gasteiger charge is 2.25. The first-order valence-electron chi connectivity index (χ1n) is 10.7. The van der Waals surface area contributed by atoms with Crippen molar-refractivity contribution in [2.75, 3.05) is 25.5 Å². The minimum absolute atomic E-state index is 0.0695. The number of aromatic nitrogens is 2. The fraction of sp³-hybridized carbons (Fsp3) is 0.240. The number of thiophene rings is 1. The zero-order valence-corrected chi connectivity index (χ0v) is 18.6. The Labute approximate surface area is 190 Å². The van der Waals surface area contributed by atoms with E-state index in [-0.39, 0.29) is 11.9 Å². The van der Waals surface area contributed by atoms with E-state index in [4.69, 9.17) is 4.74 Å². The first-order valence-corrected chi connectivity index (χ1v) is 11.6. The van der Waals surface area contributed by atoms with Gasteiger partial charge in [0.05, 0.1) is 18.5 Å². The molecular formula is C25H24N4O2S. The van der Waals surface area contributed by atoms with E-state index in [1.54, 1.807) is 24.8 Å². The number of carbonyl (C=O) groups excluding carboxylic acids is 1. The van der Waals surface area contributed by atoms with E-state index in [1.807, 2.05) is 35.2 Å². The number of fused-ring (bicyclic) bond motifs is 1. The van der Waals surface area contributed by atoms with Gasteiger partial charge < -0.3 is 15.0 Å². The molecular weight excluding hydrogens is 420 g/mol. The minimum atomic E-state index is -0.0695. The van der Waals surface area contributed by atoms with Gasteiger partial charge in [0.15, 0.2) is 0 Å². The number of nitrogens with zero attached hydrogens (tertiary/aromatic N) is 3. The van der Waals surface area contributed by atoms with Crippen molar-refractivity contribution in [2.24, 2.45) is 0 Å². The minimum Gasteiger partial charge on any atom is -0.497 e. The third kappa shape index (κ3) is 4.03. The number of benzene rings is 2. The van der Waals surface area contributed by atoms with Gasteiger partial charge in [0, 0.05) is 30.5 Å². The lowest BCUT2D eigenvalue weighted by Crippen LogP contribution is -2.32. The smallest absolute Gasteiger partial charge is 0.222 e. The molecule has 1 fully saturated rings. The van der Waals surface area contributed by atoms with Crippen LogP contribution in [0.5, 0.6) is 5.75 Å². The highest BCUT2D eigenvalue weighted by molar-refractivity contribution is 7.17. The number of ether oxygens (including phenoxy) is 1. The molecule has 1 aliphatic heterocycles. The maximum absolute atomic E-state index is 12.3. The topological polar surface area (TPSA) is 67.4 Å². The molecule has 4 aromatic rings. The number of hydrogen-bond donors (Lipinski definition) is 1. The van der Waals surface area contributed by atoms with Crippen molar-refractivity contribution in [3.63, 3.8) is 0 Å². The van der Waals surface area contributed by atoms with Gasteiger partial charge in [-0.3, -0.25) is 4.79 Å². The Morgan fingerprint density at radius 1 is 1.12 bits per heavy atom. The van der Waals surface area contributed by atoms with Crippen LogP contribution < -0.4 is 10.1 Å². The van der Waals surface area contributed by atoms with Gasteiger partial charge in [-0.15, -0.1) is 11.3 Å².